The molecule has 0 unspecified atom stereocenters. The quantitative estimate of drug-likeness (QED) is 0.495. The molecule has 1 aromatic carbocycles. The topological polar surface area (TPSA) is 128 Å². The maximum atomic E-state index is 12.2. The average Bonchev–Trinajstić information content (AvgIpc) is 2.40. The number of nitrogens with zero attached hydrogens (tertiary/aromatic N) is 2. The monoisotopic (exact) mass is 345 g/mol. The first kappa shape index (κ1) is 15.9. The maximum Gasteiger partial charge on any atom is 0.332 e. The molecule has 1 amide bonds. The molecule has 114 valence electrons. The summed E-state index contributed by atoms with van der Waals surface area (Å²) in [7, 11) is 0. The Balaban J connectivity index is 2.65. The van der Waals surface area contributed by atoms with Crippen LogP contribution in [0.3, 0.4) is 0 Å². The van der Waals surface area contributed by atoms with Crippen LogP contribution in [0, 0.1) is 10.1 Å². The van der Waals surface area contributed by atoms with Gasteiger partial charge in [-0.15, -0.1) is 0 Å². The van der Waals surface area contributed by atoms with Gasteiger partial charge < -0.3 is 10.2 Å². The fourth-order valence-electron chi connectivity index (χ4n) is 1.69. The van der Waals surface area contributed by atoms with Crippen molar-refractivity contribution in [3.63, 3.8) is 0 Å². The number of Topliss-reactive ketones (excluding diaryl/α,β-unsaturated/α-hetero) is 1. The van der Waals surface area contributed by atoms with Gasteiger partial charge in [-0.3, -0.25) is 19.7 Å². The minimum absolute atomic E-state index is 0.247. The number of halogens is 2. The van der Waals surface area contributed by atoms with E-state index in [-0.39, 0.29) is 10.6 Å². The molecule has 1 aliphatic rings. The lowest BCUT2D eigenvalue weighted by molar-refractivity contribution is -0.383. The van der Waals surface area contributed by atoms with Gasteiger partial charge in [-0.05, 0) is 6.07 Å². The van der Waals surface area contributed by atoms with E-state index in [0.717, 1.165) is 13.0 Å². The first-order valence-electron chi connectivity index (χ1n) is 5.52. The second kappa shape index (κ2) is 5.70. The minimum Gasteiger partial charge on any atom is -0.318 e. The van der Waals surface area contributed by atoms with Gasteiger partial charge in [0.15, 0.2) is 0 Å². The predicted octanol–water partition coefficient (Wildman–Crippen LogP) is 1.96. The van der Waals surface area contributed by atoms with Crippen LogP contribution >= 0.6 is 23.2 Å². The lowest BCUT2D eigenvalue weighted by atomic mass is 9.99. The van der Waals surface area contributed by atoms with Crippen molar-refractivity contribution in [1.82, 2.24) is 0 Å². The molecular formula is C11H5Cl2N3O6. The smallest absolute Gasteiger partial charge is 0.318 e. The number of nitrogens with one attached hydrogen (secondary N) is 1. The van der Waals surface area contributed by atoms with Gasteiger partial charge in [-0.1, -0.05) is 28.4 Å². The summed E-state index contributed by atoms with van der Waals surface area (Å²) in [6.45, 7) is 1.02. The van der Waals surface area contributed by atoms with Crippen LogP contribution in [0.5, 0.6) is 0 Å². The molecular weight excluding hydrogens is 341 g/mol. The number of nitro groups is 1. The predicted molar refractivity (Wildman–Crippen MR) is 75.3 cm³/mol. The highest BCUT2D eigenvalue weighted by atomic mass is 35.5. The minimum atomic E-state index is -1.07. The molecule has 0 aliphatic carbocycles. The molecule has 0 saturated heterocycles. The first-order valence-corrected chi connectivity index (χ1v) is 6.27. The molecule has 0 bridgehead atoms. The zero-order valence-electron chi connectivity index (χ0n) is 10.7. The van der Waals surface area contributed by atoms with Crippen molar-refractivity contribution in [2.24, 2.45) is 5.16 Å². The van der Waals surface area contributed by atoms with Crippen LogP contribution in [0.25, 0.3) is 0 Å². The van der Waals surface area contributed by atoms with Crippen LogP contribution in [-0.4, -0.2) is 28.3 Å². The molecule has 1 heterocycles. The number of anilines is 1. The second-order valence-corrected chi connectivity index (χ2v) is 4.79. The summed E-state index contributed by atoms with van der Waals surface area (Å²) in [6, 6.07) is 1.05. The number of amides is 1. The van der Waals surface area contributed by atoms with E-state index in [2.05, 4.69) is 15.3 Å². The summed E-state index contributed by atoms with van der Waals surface area (Å²) < 4.78 is 0. The van der Waals surface area contributed by atoms with E-state index < -0.39 is 44.7 Å². The largest absolute Gasteiger partial charge is 0.332 e. The van der Waals surface area contributed by atoms with Gasteiger partial charge in [0.2, 0.25) is 11.5 Å². The third-order valence-corrected chi connectivity index (χ3v) is 3.33. The molecule has 0 spiro atoms. The maximum absolute atomic E-state index is 12.2. The van der Waals surface area contributed by atoms with Crippen molar-refractivity contribution in [3.05, 3.63) is 31.8 Å². The fourth-order valence-corrected chi connectivity index (χ4v) is 2.10. The molecule has 0 fully saturated rings. The van der Waals surface area contributed by atoms with Crippen molar-refractivity contribution in [2.45, 2.75) is 6.92 Å². The van der Waals surface area contributed by atoms with Crippen molar-refractivity contribution in [2.75, 3.05) is 5.32 Å². The number of nitro benzene ring substituents is 1. The van der Waals surface area contributed by atoms with Crippen LogP contribution in [-0.2, 0) is 14.4 Å². The fraction of sp³-hybridized carbons (Fsp3) is 0.0909. The van der Waals surface area contributed by atoms with E-state index in [4.69, 9.17) is 23.2 Å². The summed E-state index contributed by atoms with van der Waals surface area (Å²) in [5.41, 5.74) is -2.13. The molecule has 1 aliphatic heterocycles. The Morgan fingerprint density at radius 3 is 2.59 bits per heavy atom. The van der Waals surface area contributed by atoms with Crippen LogP contribution in [0.15, 0.2) is 11.2 Å². The van der Waals surface area contributed by atoms with Gasteiger partial charge in [0.25, 0.3) is 5.91 Å². The lowest BCUT2D eigenvalue weighted by Crippen LogP contribution is -2.36. The number of carbonyl (C=O) groups is 3. The van der Waals surface area contributed by atoms with Crippen molar-refractivity contribution in [1.29, 1.82) is 0 Å². The van der Waals surface area contributed by atoms with Crippen LogP contribution in [0.4, 0.5) is 11.4 Å². The molecule has 1 aromatic rings. The van der Waals surface area contributed by atoms with Crippen LogP contribution in [0.1, 0.15) is 17.3 Å². The zero-order valence-corrected chi connectivity index (χ0v) is 12.2. The van der Waals surface area contributed by atoms with Crippen molar-refractivity contribution in [3.8, 4) is 0 Å². The Morgan fingerprint density at radius 2 is 2.05 bits per heavy atom. The number of ketones is 1. The van der Waals surface area contributed by atoms with Gasteiger partial charge in [0.1, 0.15) is 10.7 Å². The van der Waals surface area contributed by atoms with Gasteiger partial charge in [0, 0.05) is 6.92 Å². The van der Waals surface area contributed by atoms with Crippen molar-refractivity contribution < 1.29 is 24.1 Å². The molecule has 0 radical (unpaired) electrons. The Hall–Kier alpha value is -2.52. The van der Waals surface area contributed by atoms with Gasteiger partial charge in [-0.2, -0.15) is 0 Å². The molecule has 0 atom stereocenters. The number of fused-ring (bicyclic) bond motifs is 1. The van der Waals surface area contributed by atoms with Gasteiger partial charge in [0.05, 0.1) is 15.5 Å². The average molecular weight is 346 g/mol. The molecule has 1 N–H and O–H groups in total. The summed E-state index contributed by atoms with van der Waals surface area (Å²) in [6.07, 6.45) is 0. The Labute approximate surface area is 132 Å². The Kier molecular flexibility index (Phi) is 4.11. The molecule has 2 rings (SSSR count). The summed E-state index contributed by atoms with van der Waals surface area (Å²) >= 11 is 11.5. The Bertz CT molecular complexity index is 774. The van der Waals surface area contributed by atoms with E-state index in [1.54, 1.807) is 0 Å². The summed E-state index contributed by atoms with van der Waals surface area (Å²) in [5, 5.41) is 15.6. The normalized spacial score (nSPS) is 15.3. The molecule has 22 heavy (non-hydrogen) atoms. The number of carbonyl (C=O) groups excluding carboxylic acids is 3. The highest BCUT2D eigenvalue weighted by Gasteiger charge is 2.38. The third-order valence-electron chi connectivity index (χ3n) is 2.56. The Morgan fingerprint density at radius 1 is 1.41 bits per heavy atom. The number of hydrogen-bond donors (Lipinski definition) is 1. The second-order valence-electron chi connectivity index (χ2n) is 4.01. The number of rotatable bonds is 2. The number of hydrogen-bond acceptors (Lipinski definition) is 7. The van der Waals surface area contributed by atoms with Gasteiger partial charge >= 0.3 is 11.7 Å². The first-order chi connectivity index (χ1) is 10.2. The highest BCUT2D eigenvalue weighted by molar-refractivity contribution is 6.73. The highest BCUT2D eigenvalue weighted by Crippen LogP contribution is 2.42. The standard InChI is InChI=1S/C11H5Cl2N3O6/c1-3(17)22-15-8-10(18)4-2-5(12)6(13)9(16(20)21)7(4)14-11(8)19/h2H,1H3,(H,14,19). The van der Waals surface area contributed by atoms with Crippen molar-refractivity contribution >= 4 is 57.9 Å². The zero-order chi connectivity index (χ0) is 16.6. The molecule has 0 aromatic heterocycles. The van der Waals surface area contributed by atoms with E-state index in [1.165, 1.54) is 0 Å². The van der Waals surface area contributed by atoms with Gasteiger partial charge in [-0.25, -0.2) is 4.79 Å². The van der Waals surface area contributed by atoms with Crippen LogP contribution in [0.2, 0.25) is 10.0 Å². The van der Waals surface area contributed by atoms with Crippen LogP contribution < -0.4 is 5.32 Å². The molecule has 0 saturated carbocycles. The van der Waals surface area contributed by atoms with E-state index in [1.807, 2.05) is 0 Å². The summed E-state index contributed by atoms with van der Waals surface area (Å²) in [4.78, 5) is 49.1. The number of benzene rings is 1. The molecule has 9 nitrogen and oxygen atoms in total. The molecule has 11 heteroatoms. The summed E-state index contributed by atoms with van der Waals surface area (Å²) in [5.74, 6) is -2.90. The lowest BCUT2D eigenvalue weighted by Gasteiger charge is -2.17. The number of oxime groups is 1. The van der Waals surface area contributed by atoms with E-state index in [9.17, 15) is 24.5 Å². The third kappa shape index (κ3) is 2.63. The SMILES string of the molecule is CC(=O)ON=C1C(=O)Nc2c(cc(Cl)c(Cl)c2[N+](=O)[O-])C1=O. The van der Waals surface area contributed by atoms with E-state index in [0.29, 0.717) is 0 Å². The van der Waals surface area contributed by atoms with E-state index >= 15 is 0 Å².